The molecule has 24 heavy (non-hydrogen) atoms. The molecular weight excluding hydrogens is 326 g/mol. The molecule has 2 aromatic carbocycles. The van der Waals surface area contributed by atoms with E-state index in [1.165, 1.54) is 19.1 Å². The van der Waals surface area contributed by atoms with Crippen LogP contribution < -0.4 is 4.72 Å². The van der Waals surface area contributed by atoms with E-state index in [0.29, 0.717) is 12.0 Å². The van der Waals surface area contributed by atoms with Crippen LogP contribution in [-0.2, 0) is 10.0 Å². The third-order valence-electron chi connectivity index (χ3n) is 3.80. The summed E-state index contributed by atoms with van der Waals surface area (Å²) < 4.78 is 27.0. The van der Waals surface area contributed by atoms with Gasteiger partial charge in [0.25, 0.3) is 0 Å². The van der Waals surface area contributed by atoms with E-state index in [2.05, 4.69) is 4.72 Å². The lowest BCUT2D eigenvalue weighted by Gasteiger charge is -2.14. The molecule has 0 aliphatic rings. The van der Waals surface area contributed by atoms with Gasteiger partial charge in [-0.25, -0.2) is 13.1 Å². The highest BCUT2D eigenvalue weighted by Crippen LogP contribution is 2.22. The van der Waals surface area contributed by atoms with E-state index in [-0.39, 0.29) is 17.3 Å². The number of carbonyl (C=O) groups excluding carboxylic acids is 1. The molecule has 5 nitrogen and oxygen atoms in total. The van der Waals surface area contributed by atoms with Crippen molar-refractivity contribution in [1.29, 1.82) is 0 Å². The summed E-state index contributed by atoms with van der Waals surface area (Å²) in [4.78, 5) is 11.6. The molecule has 1 unspecified atom stereocenters. The van der Waals surface area contributed by atoms with Gasteiger partial charge in [-0.3, -0.25) is 4.79 Å². The van der Waals surface area contributed by atoms with Crippen molar-refractivity contribution in [1.82, 2.24) is 4.72 Å². The van der Waals surface area contributed by atoms with Gasteiger partial charge in [0.2, 0.25) is 10.0 Å². The fraction of sp³-hybridized carbons (Fsp3) is 0.278. The summed E-state index contributed by atoms with van der Waals surface area (Å²) in [6, 6.07) is 13.1. The molecule has 2 N–H and O–H groups in total. The average Bonchev–Trinajstić information content (AvgIpc) is 2.60. The summed E-state index contributed by atoms with van der Waals surface area (Å²) in [5.74, 6) is -0.0186. The number of rotatable bonds is 7. The van der Waals surface area contributed by atoms with Crippen LogP contribution in [-0.4, -0.2) is 32.0 Å². The number of nitrogens with one attached hydrogen (secondary N) is 1. The minimum Gasteiger partial charge on any atom is -0.395 e. The standard InChI is InChI=1S/C18H21NO4S/c1-3-17(12-20)19-24(22,23)18-9-7-14(8-10-18)16-6-4-5-15(11-16)13(2)21/h4-11,17,19-20H,3,12H2,1-2H3. The topological polar surface area (TPSA) is 83.5 Å². The first-order valence-electron chi connectivity index (χ1n) is 7.72. The summed E-state index contributed by atoms with van der Waals surface area (Å²) in [5.41, 5.74) is 2.28. The average molecular weight is 347 g/mol. The zero-order valence-electron chi connectivity index (χ0n) is 13.7. The highest BCUT2D eigenvalue weighted by atomic mass is 32.2. The Morgan fingerprint density at radius 2 is 1.79 bits per heavy atom. The maximum Gasteiger partial charge on any atom is 0.240 e. The van der Waals surface area contributed by atoms with Gasteiger partial charge in [0.1, 0.15) is 0 Å². The maximum absolute atomic E-state index is 12.3. The molecule has 0 radical (unpaired) electrons. The van der Waals surface area contributed by atoms with Crippen LogP contribution in [0.1, 0.15) is 30.6 Å². The smallest absolute Gasteiger partial charge is 0.240 e. The number of sulfonamides is 1. The van der Waals surface area contributed by atoms with Gasteiger partial charge in [0.05, 0.1) is 11.5 Å². The van der Waals surface area contributed by atoms with Crippen LogP contribution in [0.2, 0.25) is 0 Å². The number of ketones is 1. The Morgan fingerprint density at radius 1 is 1.12 bits per heavy atom. The lowest BCUT2D eigenvalue weighted by molar-refractivity contribution is 0.101. The molecule has 1 atom stereocenters. The van der Waals surface area contributed by atoms with Crippen LogP contribution in [0.25, 0.3) is 11.1 Å². The molecule has 6 heteroatoms. The quantitative estimate of drug-likeness (QED) is 0.754. The van der Waals surface area contributed by atoms with E-state index < -0.39 is 16.1 Å². The van der Waals surface area contributed by atoms with Gasteiger partial charge in [0, 0.05) is 11.6 Å². The molecule has 0 spiro atoms. The van der Waals surface area contributed by atoms with Crippen molar-refractivity contribution in [2.45, 2.75) is 31.2 Å². The van der Waals surface area contributed by atoms with E-state index in [9.17, 15) is 13.2 Å². The Balaban J connectivity index is 2.27. The number of carbonyl (C=O) groups is 1. The zero-order valence-corrected chi connectivity index (χ0v) is 14.5. The van der Waals surface area contributed by atoms with E-state index in [1.54, 1.807) is 37.3 Å². The maximum atomic E-state index is 12.3. The number of Topliss-reactive ketones (excluding diaryl/α,β-unsaturated/α-hetero) is 1. The van der Waals surface area contributed by atoms with Crippen LogP contribution >= 0.6 is 0 Å². The molecule has 2 rings (SSSR count). The first-order valence-corrected chi connectivity index (χ1v) is 9.20. The number of aliphatic hydroxyl groups is 1. The number of hydrogen-bond acceptors (Lipinski definition) is 4. The monoisotopic (exact) mass is 347 g/mol. The van der Waals surface area contributed by atoms with E-state index in [1.807, 2.05) is 6.07 Å². The molecule has 0 aliphatic heterocycles. The van der Waals surface area contributed by atoms with Crippen molar-refractivity contribution < 1.29 is 18.3 Å². The summed E-state index contributed by atoms with van der Waals surface area (Å²) in [6.45, 7) is 3.06. The Kier molecular flexibility index (Phi) is 5.88. The SMILES string of the molecule is CCC(CO)NS(=O)(=O)c1ccc(-c2cccc(C(C)=O)c2)cc1. The van der Waals surface area contributed by atoms with Gasteiger partial charge in [-0.15, -0.1) is 0 Å². The second-order valence-electron chi connectivity index (χ2n) is 5.57. The van der Waals surface area contributed by atoms with Crippen LogP contribution in [0.15, 0.2) is 53.4 Å². The van der Waals surface area contributed by atoms with Crippen molar-refractivity contribution >= 4 is 15.8 Å². The molecule has 0 bridgehead atoms. The van der Waals surface area contributed by atoms with Crippen molar-refractivity contribution in [3.8, 4) is 11.1 Å². The highest BCUT2D eigenvalue weighted by molar-refractivity contribution is 7.89. The third-order valence-corrected chi connectivity index (χ3v) is 5.34. The van der Waals surface area contributed by atoms with E-state index >= 15 is 0 Å². The Labute approximate surface area is 142 Å². The van der Waals surface area contributed by atoms with Crippen molar-refractivity contribution in [3.05, 3.63) is 54.1 Å². The van der Waals surface area contributed by atoms with Crippen molar-refractivity contribution in [2.75, 3.05) is 6.61 Å². The fourth-order valence-corrected chi connectivity index (χ4v) is 3.59. The molecule has 128 valence electrons. The van der Waals surface area contributed by atoms with Gasteiger partial charge < -0.3 is 5.11 Å². The highest BCUT2D eigenvalue weighted by Gasteiger charge is 2.18. The molecule has 0 saturated carbocycles. The lowest BCUT2D eigenvalue weighted by Crippen LogP contribution is -2.36. The predicted molar refractivity (Wildman–Crippen MR) is 93.4 cm³/mol. The Bertz CT molecular complexity index is 809. The summed E-state index contributed by atoms with van der Waals surface area (Å²) >= 11 is 0. The zero-order chi connectivity index (χ0) is 17.7. The second kappa shape index (κ2) is 7.70. The first-order chi connectivity index (χ1) is 11.4. The molecule has 0 aromatic heterocycles. The summed E-state index contributed by atoms with van der Waals surface area (Å²) in [7, 11) is -3.67. The van der Waals surface area contributed by atoms with Crippen LogP contribution in [0.5, 0.6) is 0 Å². The second-order valence-corrected chi connectivity index (χ2v) is 7.28. The van der Waals surface area contributed by atoms with Crippen molar-refractivity contribution in [3.63, 3.8) is 0 Å². The number of aliphatic hydroxyl groups excluding tert-OH is 1. The van der Waals surface area contributed by atoms with E-state index in [0.717, 1.165) is 11.1 Å². The van der Waals surface area contributed by atoms with Gasteiger partial charge >= 0.3 is 0 Å². The Hall–Kier alpha value is -2.02. The molecular formula is C18H21NO4S. The summed E-state index contributed by atoms with van der Waals surface area (Å²) in [6.07, 6.45) is 0.506. The first kappa shape index (κ1) is 18.3. The molecule has 0 aliphatic carbocycles. The minimum atomic E-state index is -3.67. The molecule has 0 amide bonds. The Morgan fingerprint density at radius 3 is 2.33 bits per heavy atom. The number of benzene rings is 2. The van der Waals surface area contributed by atoms with Crippen molar-refractivity contribution in [2.24, 2.45) is 0 Å². The van der Waals surface area contributed by atoms with Gasteiger partial charge in [-0.2, -0.15) is 0 Å². The third kappa shape index (κ3) is 4.29. The minimum absolute atomic E-state index is 0.0186. The fourth-order valence-electron chi connectivity index (χ4n) is 2.28. The predicted octanol–water partition coefficient (Wildman–Crippen LogP) is 2.61. The van der Waals surface area contributed by atoms with E-state index in [4.69, 9.17) is 5.11 Å². The van der Waals surface area contributed by atoms with Crippen LogP contribution in [0.4, 0.5) is 0 Å². The van der Waals surface area contributed by atoms with Crippen LogP contribution in [0.3, 0.4) is 0 Å². The molecule has 0 saturated heterocycles. The van der Waals surface area contributed by atoms with Gasteiger partial charge in [-0.1, -0.05) is 37.3 Å². The molecule has 0 heterocycles. The molecule has 0 fully saturated rings. The summed E-state index contributed by atoms with van der Waals surface area (Å²) in [5, 5.41) is 9.15. The largest absolute Gasteiger partial charge is 0.395 e. The van der Waals surface area contributed by atoms with Gasteiger partial charge in [-0.05, 0) is 42.7 Å². The molecule has 2 aromatic rings. The lowest BCUT2D eigenvalue weighted by atomic mass is 10.0. The normalized spacial score (nSPS) is 12.8. The van der Waals surface area contributed by atoms with Gasteiger partial charge in [0.15, 0.2) is 5.78 Å². The number of hydrogen-bond donors (Lipinski definition) is 2. The van der Waals surface area contributed by atoms with Crippen LogP contribution in [0, 0.1) is 0 Å².